The molecule has 0 unspecified atom stereocenters. The molecule has 8 nitrogen and oxygen atoms in total. The Morgan fingerprint density at radius 3 is 1.46 bits per heavy atom. The fourth-order valence-corrected chi connectivity index (χ4v) is 4.75. The van der Waals surface area contributed by atoms with Crippen molar-refractivity contribution in [1.29, 1.82) is 0 Å². The van der Waals surface area contributed by atoms with E-state index in [2.05, 4.69) is 9.98 Å². The molecule has 5 aromatic rings. The molecular weight excluding hydrogens is 448 g/mol. The van der Waals surface area contributed by atoms with Gasteiger partial charge < -0.3 is 19.0 Å². The van der Waals surface area contributed by atoms with Crippen molar-refractivity contribution in [3.05, 3.63) is 92.9 Å². The molecule has 0 spiro atoms. The van der Waals surface area contributed by atoms with Gasteiger partial charge in [0.2, 0.25) is 0 Å². The molecule has 4 heterocycles. The minimum Gasteiger partial charge on any atom is -0.480 e. The number of nitrogens with zero attached hydrogens (tertiary/aromatic N) is 2. The fourth-order valence-electron chi connectivity index (χ4n) is 4.75. The van der Waals surface area contributed by atoms with Crippen LogP contribution in [0.25, 0.3) is 33.1 Å². The van der Waals surface area contributed by atoms with Gasteiger partial charge in [-0.25, -0.2) is 9.98 Å². The number of fused-ring (bicyclic) bond motifs is 4. The van der Waals surface area contributed by atoms with Gasteiger partial charge in [0.25, 0.3) is 23.7 Å². The van der Waals surface area contributed by atoms with E-state index in [1.165, 1.54) is 0 Å². The molecule has 2 aliphatic rings. The molecule has 0 aliphatic carbocycles. The van der Waals surface area contributed by atoms with Crippen LogP contribution in [-0.4, -0.2) is 22.0 Å². The Labute approximate surface area is 196 Å². The summed E-state index contributed by atoms with van der Waals surface area (Å²) in [5, 5.41) is 24.3. The van der Waals surface area contributed by atoms with Gasteiger partial charge in [-0.3, -0.25) is 9.59 Å². The number of benzene rings is 3. The Kier molecular flexibility index (Phi) is 4.13. The zero-order chi connectivity index (χ0) is 23.1. The number of para-hydroxylation sites is 2. The highest BCUT2D eigenvalue weighted by atomic mass is 16.5. The number of amides is 2. The third-order valence-corrected chi connectivity index (χ3v) is 6.18. The molecule has 2 amide bonds. The van der Waals surface area contributed by atoms with E-state index in [0.717, 1.165) is 0 Å². The van der Waals surface area contributed by atoms with Crippen LogP contribution in [0.15, 0.2) is 79.5 Å². The summed E-state index contributed by atoms with van der Waals surface area (Å²) in [5.74, 6) is -1.86. The Balaban J connectivity index is 0.00000229. The molecule has 0 saturated carbocycles. The summed E-state index contributed by atoms with van der Waals surface area (Å²) in [5.41, 5.74) is 1.33. The zero-order valence-electron chi connectivity index (χ0n) is 17.2. The first-order valence-electron chi connectivity index (χ1n) is 10.4. The summed E-state index contributed by atoms with van der Waals surface area (Å²) in [6, 6.07) is 17.2. The van der Waals surface area contributed by atoms with Crippen molar-refractivity contribution in [1.82, 2.24) is 0 Å². The van der Waals surface area contributed by atoms with Gasteiger partial charge in [-0.1, -0.05) is 43.8 Å². The van der Waals surface area contributed by atoms with E-state index in [4.69, 9.17) is 8.83 Å². The van der Waals surface area contributed by atoms with Crippen LogP contribution in [0.4, 0.5) is 0 Å². The summed E-state index contributed by atoms with van der Waals surface area (Å²) in [6.07, 6.45) is 0. The molecule has 3 aromatic carbocycles. The first kappa shape index (κ1) is 20.6. The van der Waals surface area contributed by atoms with Crippen molar-refractivity contribution >= 4 is 44.9 Å². The Morgan fingerprint density at radius 2 is 1.03 bits per heavy atom. The van der Waals surface area contributed by atoms with Crippen LogP contribution in [0.1, 0.15) is 18.6 Å². The van der Waals surface area contributed by atoms with Crippen molar-refractivity contribution in [3.63, 3.8) is 0 Å². The molecule has 2 aromatic heterocycles. The summed E-state index contributed by atoms with van der Waals surface area (Å²) in [7, 11) is 0. The van der Waals surface area contributed by atoms with Gasteiger partial charge in [0.15, 0.2) is 0 Å². The smallest absolute Gasteiger partial charge is 0.291 e. The molecule has 170 valence electrons. The number of aromatic hydroxyl groups is 2. The lowest BCUT2D eigenvalue weighted by Gasteiger charge is -2.00. The maximum atomic E-state index is 12.7. The number of hydrogen-bond donors (Lipinski definition) is 2. The minimum absolute atomic E-state index is 0. The van der Waals surface area contributed by atoms with Crippen LogP contribution < -0.4 is 21.2 Å². The third kappa shape index (κ3) is 2.67. The minimum atomic E-state index is -0.493. The molecule has 8 heteroatoms. The Hall–Kier alpha value is -4.98. The molecule has 7 rings (SSSR count). The van der Waals surface area contributed by atoms with E-state index >= 15 is 0 Å². The topological polar surface area (TPSA) is 126 Å². The lowest BCUT2D eigenvalue weighted by Crippen LogP contribution is -2.22. The van der Waals surface area contributed by atoms with Crippen molar-refractivity contribution < 1.29 is 28.6 Å². The predicted octanol–water partition coefficient (Wildman–Crippen LogP) is 1.94. The van der Waals surface area contributed by atoms with Crippen molar-refractivity contribution in [2.75, 3.05) is 0 Å². The van der Waals surface area contributed by atoms with E-state index < -0.39 is 23.7 Å². The molecule has 0 fully saturated rings. The SMILES string of the molecule is C.O=C1N=c2ccccc2=C1c1c(O)oc2cc3c(C4=c5ccccc5=NC4=O)c(O)oc3cc12. The first-order chi connectivity index (χ1) is 16.5. The van der Waals surface area contributed by atoms with Gasteiger partial charge >= 0.3 is 0 Å². The van der Waals surface area contributed by atoms with Gasteiger partial charge in [0.1, 0.15) is 11.2 Å². The lowest BCUT2D eigenvalue weighted by molar-refractivity contribution is -0.113. The van der Waals surface area contributed by atoms with Crippen LogP contribution >= 0.6 is 0 Å². The second-order valence-corrected chi connectivity index (χ2v) is 8.03. The van der Waals surface area contributed by atoms with Crippen LogP contribution in [0, 0.1) is 0 Å². The summed E-state index contributed by atoms with van der Waals surface area (Å²) < 4.78 is 11.2. The number of furan rings is 2. The van der Waals surface area contributed by atoms with Gasteiger partial charge in [0.05, 0.1) is 33.0 Å². The number of carbonyl (C=O) groups is 2. The highest BCUT2D eigenvalue weighted by Crippen LogP contribution is 2.42. The van der Waals surface area contributed by atoms with E-state index in [0.29, 0.717) is 31.9 Å². The lowest BCUT2D eigenvalue weighted by atomic mass is 9.98. The quantitative estimate of drug-likeness (QED) is 0.411. The van der Waals surface area contributed by atoms with Gasteiger partial charge in [0, 0.05) is 21.2 Å². The highest BCUT2D eigenvalue weighted by molar-refractivity contribution is 6.27. The number of rotatable bonds is 2. The molecule has 35 heavy (non-hydrogen) atoms. The monoisotopic (exact) mass is 464 g/mol. The standard InChI is InChI=1S/C26H12N2O6.CH4/c29-23-19(11-5-1-3-7-15(11)27-23)21-13-9-18-14(10-17(13)33-25(21)31)22(26(32)34-18)20-12-6-2-4-8-16(12)28-24(20)30;/h1-10,31-32H;1H4. The van der Waals surface area contributed by atoms with Crippen LogP contribution in [0.2, 0.25) is 0 Å². The second-order valence-electron chi connectivity index (χ2n) is 8.03. The van der Waals surface area contributed by atoms with Crippen LogP contribution in [-0.2, 0) is 9.59 Å². The highest BCUT2D eigenvalue weighted by Gasteiger charge is 2.30. The molecule has 0 atom stereocenters. The summed E-state index contributed by atoms with van der Waals surface area (Å²) in [4.78, 5) is 33.5. The van der Waals surface area contributed by atoms with E-state index in [1.54, 1.807) is 60.7 Å². The molecule has 0 saturated heterocycles. The largest absolute Gasteiger partial charge is 0.480 e. The molecule has 2 aliphatic heterocycles. The maximum absolute atomic E-state index is 12.7. The zero-order valence-corrected chi connectivity index (χ0v) is 17.2. The normalized spacial score (nSPS) is 14.2. The molecule has 0 radical (unpaired) electrons. The van der Waals surface area contributed by atoms with E-state index in [-0.39, 0.29) is 40.9 Å². The van der Waals surface area contributed by atoms with Crippen molar-refractivity contribution in [2.24, 2.45) is 9.98 Å². The van der Waals surface area contributed by atoms with Crippen LogP contribution in [0.3, 0.4) is 0 Å². The summed E-state index contributed by atoms with van der Waals surface area (Å²) >= 11 is 0. The molecule has 2 N–H and O–H groups in total. The average molecular weight is 464 g/mol. The molecule has 0 bridgehead atoms. The Morgan fingerprint density at radius 1 is 0.629 bits per heavy atom. The van der Waals surface area contributed by atoms with Gasteiger partial charge in [-0.2, -0.15) is 0 Å². The predicted molar refractivity (Wildman–Crippen MR) is 126 cm³/mol. The maximum Gasteiger partial charge on any atom is 0.291 e. The van der Waals surface area contributed by atoms with E-state index in [9.17, 15) is 19.8 Å². The van der Waals surface area contributed by atoms with Gasteiger partial charge in [-0.05, 0) is 24.3 Å². The van der Waals surface area contributed by atoms with Crippen molar-refractivity contribution in [3.8, 4) is 11.9 Å². The van der Waals surface area contributed by atoms with E-state index in [1.807, 2.05) is 0 Å². The Bertz CT molecular complexity index is 1880. The number of carbonyl (C=O) groups excluding carboxylic acids is 2. The summed E-state index contributed by atoms with van der Waals surface area (Å²) in [6.45, 7) is 0. The third-order valence-electron chi connectivity index (χ3n) is 6.18. The molecular formula is C27H16N2O6. The first-order valence-corrected chi connectivity index (χ1v) is 10.4. The van der Waals surface area contributed by atoms with Crippen LogP contribution in [0.5, 0.6) is 11.9 Å². The van der Waals surface area contributed by atoms with Gasteiger partial charge in [-0.15, -0.1) is 0 Å². The number of hydrogen-bond acceptors (Lipinski definition) is 6. The van der Waals surface area contributed by atoms with Crippen molar-refractivity contribution in [2.45, 2.75) is 7.43 Å². The second kappa shape index (κ2) is 7.01. The average Bonchev–Trinajstić information content (AvgIpc) is 3.51. The fraction of sp³-hybridized carbons (Fsp3) is 0.0370.